The summed E-state index contributed by atoms with van der Waals surface area (Å²) in [6.07, 6.45) is 4.09. The predicted octanol–water partition coefficient (Wildman–Crippen LogP) is 0.822. The number of amides is 2. The fourth-order valence-corrected chi connectivity index (χ4v) is 2.34. The van der Waals surface area contributed by atoms with Crippen LogP contribution in [0.15, 0.2) is 24.5 Å². The topological polar surface area (TPSA) is 88.6 Å². The molecular formula is C15H19N3O4. The number of likely N-dealkylation sites (tertiary alicyclic amines) is 1. The fraction of sp³-hybridized carbons (Fsp3) is 0.467. The predicted molar refractivity (Wildman–Crippen MR) is 78.8 cm³/mol. The van der Waals surface area contributed by atoms with E-state index >= 15 is 0 Å². The Hall–Kier alpha value is -2.44. The van der Waals surface area contributed by atoms with Crippen LogP contribution in [-0.2, 0) is 19.1 Å². The lowest BCUT2D eigenvalue weighted by molar-refractivity contribution is -0.152. The summed E-state index contributed by atoms with van der Waals surface area (Å²) in [5.41, 5.74) is 0.474. The zero-order valence-electron chi connectivity index (χ0n) is 12.4. The van der Waals surface area contributed by atoms with Gasteiger partial charge in [0.15, 0.2) is 0 Å². The molecular weight excluding hydrogens is 286 g/mol. The Kier molecular flexibility index (Phi) is 5.46. The summed E-state index contributed by atoms with van der Waals surface area (Å²) in [5.74, 6) is -1.70. The van der Waals surface area contributed by atoms with Gasteiger partial charge in [0, 0.05) is 19.3 Å². The number of hydrogen-bond acceptors (Lipinski definition) is 5. The van der Waals surface area contributed by atoms with Gasteiger partial charge >= 0.3 is 17.8 Å². The van der Waals surface area contributed by atoms with Crippen molar-refractivity contribution in [2.24, 2.45) is 5.92 Å². The summed E-state index contributed by atoms with van der Waals surface area (Å²) in [4.78, 5) is 41.0. The molecule has 1 aromatic rings. The van der Waals surface area contributed by atoms with Crippen molar-refractivity contribution in [3.05, 3.63) is 24.5 Å². The average Bonchev–Trinajstić information content (AvgIpc) is 2.55. The van der Waals surface area contributed by atoms with Crippen molar-refractivity contribution in [1.29, 1.82) is 0 Å². The third-order valence-electron chi connectivity index (χ3n) is 3.52. The second-order valence-corrected chi connectivity index (χ2v) is 5.01. The summed E-state index contributed by atoms with van der Waals surface area (Å²) in [5, 5.41) is 2.51. The molecule has 0 atom stereocenters. The first-order valence-electron chi connectivity index (χ1n) is 7.28. The molecule has 7 nitrogen and oxygen atoms in total. The number of pyridine rings is 1. The molecule has 1 aromatic heterocycles. The monoisotopic (exact) mass is 305 g/mol. The SMILES string of the molecule is CCOC(=O)C1CCN(C(=O)C(=O)Nc2cccnc2)CC1. The van der Waals surface area contributed by atoms with Crippen molar-refractivity contribution in [3.63, 3.8) is 0 Å². The highest BCUT2D eigenvalue weighted by atomic mass is 16.5. The number of piperidine rings is 1. The van der Waals surface area contributed by atoms with E-state index < -0.39 is 11.8 Å². The minimum absolute atomic E-state index is 0.189. The third-order valence-corrected chi connectivity index (χ3v) is 3.52. The molecule has 2 heterocycles. The Balaban J connectivity index is 1.84. The van der Waals surface area contributed by atoms with E-state index in [2.05, 4.69) is 10.3 Å². The first kappa shape index (κ1) is 15.9. The molecule has 0 saturated carbocycles. The van der Waals surface area contributed by atoms with Crippen LogP contribution in [0.4, 0.5) is 5.69 Å². The second kappa shape index (κ2) is 7.53. The molecule has 22 heavy (non-hydrogen) atoms. The Morgan fingerprint density at radius 1 is 1.36 bits per heavy atom. The van der Waals surface area contributed by atoms with Crippen LogP contribution in [0, 0.1) is 5.92 Å². The number of carbonyl (C=O) groups excluding carboxylic acids is 3. The van der Waals surface area contributed by atoms with E-state index in [4.69, 9.17) is 4.74 Å². The van der Waals surface area contributed by atoms with Crippen LogP contribution >= 0.6 is 0 Å². The molecule has 0 aromatic carbocycles. The highest BCUT2D eigenvalue weighted by Gasteiger charge is 2.30. The van der Waals surface area contributed by atoms with Crippen molar-refractivity contribution in [1.82, 2.24) is 9.88 Å². The molecule has 1 saturated heterocycles. The summed E-state index contributed by atoms with van der Waals surface area (Å²) < 4.78 is 4.97. The molecule has 118 valence electrons. The Morgan fingerprint density at radius 3 is 2.68 bits per heavy atom. The number of anilines is 1. The van der Waals surface area contributed by atoms with Crippen molar-refractivity contribution in [3.8, 4) is 0 Å². The van der Waals surface area contributed by atoms with Gasteiger partial charge in [-0.2, -0.15) is 0 Å². The van der Waals surface area contributed by atoms with Crippen LogP contribution in [-0.4, -0.2) is 47.4 Å². The van der Waals surface area contributed by atoms with Gasteiger partial charge in [-0.3, -0.25) is 19.4 Å². The first-order chi connectivity index (χ1) is 10.6. The van der Waals surface area contributed by atoms with Crippen molar-refractivity contribution >= 4 is 23.5 Å². The van der Waals surface area contributed by atoms with E-state index in [0.717, 1.165) is 0 Å². The van der Waals surface area contributed by atoms with Crippen LogP contribution in [0.25, 0.3) is 0 Å². The molecule has 0 aliphatic carbocycles. The Bertz CT molecular complexity index is 539. The van der Waals surface area contributed by atoms with Crippen molar-refractivity contribution < 1.29 is 19.1 Å². The lowest BCUT2D eigenvalue weighted by Gasteiger charge is -2.30. The number of ether oxygens (including phenoxy) is 1. The third kappa shape index (κ3) is 4.03. The van der Waals surface area contributed by atoms with Gasteiger partial charge in [0.05, 0.1) is 24.4 Å². The summed E-state index contributed by atoms with van der Waals surface area (Å²) in [7, 11) is 0. The number of aromatic nitrogens is 1. The number of hydrogen-bond donors (Lipinski definition) is 1. The molecule has 1 aliphatic rings. The number of esters is 1. The molecule has 1 aliphatic heterocycles. The maximum absolute atomic E-state index is 12.1. The molecule has 0 unspecified atom stereocenters. The van der Waals surface area contributed by atoms with Crippen molar-refractivity contribution in [2.75, 3.05) is 25.0 Å². The molecule has 1 N–H and O–H groups in total. The zero-order valence-corrected chi connectivity index (χ0v) is 12.4. The molecule has 2 rings (SSSR count). The number of nitrogens with one attached hydrogen (secondary N) is 1. The van der Waals surface area contributed by atoms with Gasteiger partial charge < -0.3 is 15.0 Å². The van der Waals surface area contributed by atoms with Crippen LogP contribution in [0.5, 0.6) is 0 Å². The van der Waals surface area contributed by atoms with E-state index in [1.807, 2.05) is 0 Å². The van der Waals surface area contributed by atoms with Gasteiger partial charge in [0.2, 0.25) is 0 Å². The largest absolute Gasteiger partial charge is 0.466 e. The van der Waals surface area contributed by atoms with Gasteiger partial charge in [-0.05, 0) is 31.9 Å². The van der Waals surface area contributed by atoms with Crippen molar-refractivity contribution in [2.45, 2.75) is 19.8 Å². The minimum atomic E-state index is -0.692. The molecule has 2 amide bonds. The number of nitrogens with zero attached hydrogens (tertiary/aromatic N) is 2. The zero-order chi connectivity index (χ0) is 15.9. The number of carbonyl (C=O) groups is 3. The van der Waals surface area contributed by atoms with Gasteiger partial charge in [-0.25, -0.2) is 0 Å². The lowest BCUT2D eigenvalue weighted by Crippen LogP contribution is -2.45. The van der Waals surface area contributed by atoms with Gasteiger partial charge in [0.25, 0.3) is 0 Å². The second-order valence-electron chi connectivity index (χ2n) is 5.01. The van der Waals surface area contributed by atoms with Crippen LogP contribution in [0.1, 0.15) is 19.8 Å². The van der Waals surface area contributed by atoms with Crippen LogP contribution in [0.2, 0.25) is 0 Å². The summed E-state index contributed by atoms with van der Waals surface area (Å²) in [6, 6.07) is 3.33. The average molecular weight is 305 g/mol. The van der Waals surface area contributed by atoms with Gasteiger partial charge in [-0.1, -0.05) is 0 Å². The number of rotatable bonds is 3. The molecule has 0 radical (unpaired) electrons. The smallest absolute Gasteiger partial charge is 0.313 e. The summed E-state index contributed by atoms with van der Waals surface area (Å²) >= 11 is 0. The van der Waals surface area contributed by atoms with E-state index in [-0.39, 0.29) is 11.9 Å². The van der Waals surface area contributed by atoms with Crippen LogP contribution in [0.3, 0.4) is 0 Å². The van der Waals surface area contributed by atoms with Gasteiger partial charge in [0.1, 0.15) is 0 Å². The van der Waals surface area contributed by atoms with Crippen LogP contribution < -0.4 is 5.32 Å². The van der Waals surface area contributed by atoms with E-state index in [1.54, 1.807) is 25.3 Å². The highest BCUT2D eigenvalue weighted by molar-refractivity contribution is 6.39. The normalized spacial score (nSPS) is 15.2. The minimum Gasteiger partial charge on any atom is -0.466 e. The van der Waals surface area contributed by atoms with Gasteiger partial charge in [-0.15, -0.1) is 0 Å². The highest BCUT2D eigenvalue weighted by Crippen LogP contribution is 2.19. The maximum Gasteiger partial charge on any atom is 0.313 e. The molecule has 0 bridgehead atoms. The molecule has 1 fully saturated rings. The fourth-order valence-electron chi connectivity index (χ4n) is 2.34. The molecule has 7 heteroatoms. The summed E-state index contributed by atoms with van der Waals surface area (Å²) in [6.45, 7) is 2.87. The molecule has 0 spiro atoms. The van der Waals surface area contributed by atoms with E-state index in [9.17, 15) is 14.4 Å². The quantitative estimate of drug-likeness (QED) is 0.660. The maximum atomic E-state index is 12.1. The Morgan fingerprint density at radius 2 is 2.09 bits per heavy atom. The lowest BCUT2D eigenvalue weighted by atomic mass is 9.97. The van der Waals surface area contributed by atoms with E-state index in [0.29, 0.717) is 38.2 Å². The van der Waals surface area contributed by atoms with E-state index in [1.165, 1.54) is 11.1 Å². The standard InChI is InChI=1S/C15H19N3O4/c1-2-22-15(21)11-5-8-18(9-6-11)14(20)13(19)17-12-4-3-7-16-10-12/h3-4,7,10-11H,2,5-6,8-9H2,1H3,(H,17,19). The Labute approximate surface area is 128 Å². The first-order valence-corrected chi connectivity index (χ1v) is 7.28.